The average molecular weight is 613 g/mol. The van der Waals surface area contributed by atoms with Gasteiger partial charge in [0.25, 0.3) is 17.4 Å². The van der Waals surface area contributed by atoms with Crippen LogP contribution in [0.3, 0.4) is 0 Å². The van der Waals surface area contributed by atoms with Gasteiger partial charge < -0.3 is 10.2 Å². The van der Waals surface area contributed by atoms with Gasteiger partial charge in [-0.15, -0.1) is 11.3 Å². The van der Waals surface area contributed by atoms with E-state index in [0.717, 1.165) is 59.9 Å². The van der Waals surface area contributed by atoms with Gasteiger partial charge in [0.1, 0.15) is 5.82 Å². The first-order valence-corrected chi connectivity index (χ1v) is 15.7. The third kappa shape index (κ3) is 6.68. The molecule has 0 atom stereocenters. The maximum absolute atomic E-state index is 14.8. The lowest BCUT2D eigenvalue weighted by Gasteiger charge is -2.35. The highest BCUT2D eigenvalue weighted by atomic mass is 32.1. The maximum Gasteiger partial charge on any atom is 0.272 e. The van der Waals surface area contributed by atoms with Gasteiger partial charge in [0.05, 0.1) is 26.2 Å². The molecule has 3 aromatic heterocycles. The molecule has 2 N–H and O–H groups in total. The lowest BCUT2D eigenvalue weighted by Crippen LogP contribution is -2.49. The lowest BCUT2D eigenvalue weighted by molar-refractivity contribution is 0.0630. The van der Waals surface area contributed by atoms with E-state index in [1.54, 1.807) is 41.6 Å². The van der Waals surface area contributed by atoms with Gasteiger partial charge in [-0.3, -0.25) is 24.3 Å². The van der Waals surface area contributed by atoms with Gasteiger partial charge >= 0.3 is 0 Å². The van der Waals surface area contributed by atoms with Crippen molar-refractivity contribution in [2.75, 3.05) is 39.3 Å². The van der Waals surface area contributed by atoms with E-state index in [2.05, 4.69) is 25.4 Å². The Morgan fingerprint density at radius 3 is 2.61 bits per heavy atom. The van der Waals surface area contributed by atoms with Gasteiger partial charge in [-0.25, -0.2) is 9.49 Å². The number of amides is 2. The highest BCUT2D eigenvalue weighted by Crippen LogP contribution is 2.24. The predicted octanol–water partition coefficient (Wildman–Crippen LogP) is 4.62. The average Bonchev–Trinajstić information content (AvgIpc) is 3.50. The molecule has 5 aromatic rings. The van der Waals surface area contributed by atoms with Crippen LogP contribution in [0.5, 0.6) is 0 Å². The van der Waals surface area contributed by atoms with Gasteiger partial charge in [-0.2, -0.15) is 5.10 Å². The molecule has 2 aromatic carbocycles. The van der Waals surface area contributed by atoms with Crippen LogP contribution in [-0.4, -0.2) is 76.1 Å². The molecule has 44 heavy (non-hydrogen) atoms. The molecular formula is C33H33FN6O3S. The Morgan fingerprint density at radius 2 is 1.80 bits per heavy atom. The fourth-order valence-electron chi connectivity index (χ4n) is 5.61. The predicted molar refractivity (Wildman–Crippen MR) is 170 cm³/mol. The third-order valence-electron chi connectivity index (χ3n) is 8.05. The van der Waals surface area contributed by atoms with E-state index in [-0.39, 0.29) is 22.9 Å². The molecule has 0 unspecified atom stereocenters. The van der Waals surface area contributed by atoms with E-state index in [9.17, 15) is 18.8 Å². The number of fused-ring (bicyclic) bond motifs is 2. The summed E-state index contributed by atoms with van der Waals surface area (Å²) >= 11 is 1.45. The van der Waals surface area contributed by atoms with Crippen molar-refractivity contribution in [2.45, 2.75) is 25.7 Å². The van der Waals surface area contributed by atoms with Gasteiger partial charge in [-0.1, -0.05) is 30.7 Å². The van der Waals surface area contributed by atoms with Gasteiger partial charge in [-0.05, 0) is 60.7 Å². The molecular weight excluding hydrogens is 579 g/mol. The number of rotatable bonds is 10. The number of benzene rings is 2. The number of nitrogens with one attached hydrogen (secondary N) is 2. The van der Waals surface area contributed by atoms with E-state index in [0.29, 0.717) is 42.0 Å². The SMILES string of the molecule is O=C(NCCCCCN1CCN(C(=O)c2cc(Cc3n[nH]c(=O)c4ccccc34)ccc2F)CC1)c1cc2ccncc2s1. The van der Waals surface area contributed by atoms with Crippen LogP contribution >= 0.6 is 11.3 Å². The minimum absolute atomic E-state index is 0.0458. The van der Waals surface area contributed by atoms with E-state index < -0.39 is 5.82 Å². The topological polar surface area (TPSA) is 111 Å². The molecule has 1 aliphatic rings. The summed E-state index contributed by atoms with van der Waals surface area (Å²) in [4.78, 5) is 46.7. The van der Waals surface area contributed by atoms with Crippen molar-refractivity contribution in [2.24, 2.45) is 0 Å². The van der Waals surface area contributed by atoms with Crippen molar-refractivity contribution >= 4 is 44.0 Å². The summed E-state index contributed by atoms with van der Waals surface area (Å²) in [5.74, 6) is -0.902. The van der Waals surface area contributed by atoms with Crippen LogP contribution in [0.25, 0.3) is 20.9 Å². The van der Waals surface area contributed by atoms with Crippen LogP contribution in [0.1, 0.15) is 50.5 Å². The smallest absolute Gasteiger partial charge is 0.272 e. The fraction of sp³-hybridized carbons (Fsp3) is 0.303. The van der Waals surface area contributed by atoms with Crippen LogP contribution < -0.4 is 10.9 Å². The summed E-state index contributed by atoms with van der Waals surface area (Å²) in [5, 5.41) is 12.1. The Morgan fingerprint density at radius 1 is 0.977 bits per heavy atom. The van der Waals surface area contributed by atoms with Crippen molar-refractivity contribution in [3.8, 4) is 0 Å². The fourth-order valence-corrected chi connectivity index (χ4v) is 6.56. The second-order valence-electron chi connectivity index (χ2n) is 11.0. The molecule has 1 fully saturated rings. The number of nitrogens with zero attached hydrogens (tertiary/aromatic N) is 4. The second kappa shape index (κ2) is 13.4. The molecule has 1 aliphatic heterocycles. The largest absolute Gasteiger partial charge is 0.351 e. The van der Waals surface area contributed by atoms with Gasteiger partial charge in [0, 0.05) is 56.9 Å². The number of aromatic amines is 1. The molecule has 2 amide bonds. The molecule has 0 bridgehead atoms. The second-order valence-corrected chi connectivity index (χ2v) is 12.1. The van der Waals surface area contributed by atoms with Crippen molar-refractivity contribution in [3.05, 3.63) is 105 Å². The number of hydrogen-bond donors (Lipinski definition) is 2. The molecule has 9 nitrogen and oxygen atoms in total. The van der Waals surface area contributed by atoms with Crippen molar-refractivity contribution in [3.63, 3.8) is 0 Å². The summed E-state index contributed by atoms with van der Waals surface area (Å²) < 4.78 is 15.8. The molecule has 0 radical (unpaired) electrons. The molecule has 226 valence electrons. The van der Waals surface area contributed by atoms with Crippen molar-refractivity contribution < 1.29 is 14.0 Å². The Kier molecular flexibility index (Phi) is 9.04. The van der Waals surface area contributed by atoms with Crippen molar-refractivity contribution in [1.82, 2.24) is 30.3 Å². The number of unbranched alkanes of at least 4 members (excludes halogenated alkanes) is 2. The number of carbonyl (C=O) groups is 2. The number of carbonyl (C=O) groups excluding carboxylic acids is 2. The summed E-state index contributed by atoms with van der Waals surface area (Å²) in [5.41, 5.74) is 1.20. The first kappa shape index (κ1) is 29.6. The number of thiophene rings is 1. The standard InChI is InChI=1S/C33H33FN6O3S/c34-27-9-8-22(19-28-24-6-2-3-7-25(24)31(41)38-37-28)18-26(27)33(43)40-16-14-39(15-17-40)13-5-1-4-11-36-32(42)29-20-23-10-12-35-21-30(23)44-29/h2-3,6-10,12,18,20-21H,1,4-5,11,13-17,19H2,(H,36,42)(H,38,41). The number of aromatic nitrogens is 3. The Hall–Kier alpha value is -4.48. The van der Waals surface area contributed by atoms with Crippen molar-refractivity contribution in [1.29, 1.82) is 0 Å². The third-order valence-corrected chi connectivity index (χ3v) is 9.13. The number of H-pyrrole nitrogens is 1. The highest BCUT2D eigenvalue weighted by Gasteiger charge is 2.24. The van der Waals surface area contributed by atoms with Crippen LogP contribution in [0.15, 0.2) is 71.8 Å². The zero-order chi connectivity index (χ0) is 30.5. The Balaban J connectivity index is 0.947. The van der Waals surface area contributed by atoms with Gasteiger partial charge in [0.15, 0.2) is 0 Å². The molecule has 0 saturated carbocycles. The van der Waals surface area contributed by atoms with Crippen LogP contribution in [0, 0.1) is 5.82 Å². The highest BCUT2D eigenvalue weighted by molar-refractivity contribution is 7.20. The normalized spacial score (nSPS) is 13.9. The molecule has 0 aliphatic carbocycles. The van der Waals surface area contributed by atoms with Crippen LogP contribution in [-0.2, 0) is 6.42 Å². The minimum atomic E-state index is -0.545. The number of hydrogen-bond acceptors (Lipinski definition) is 7. The quantitative estimate of drug-likeness (QED) is 0.223. The molecule has 0 spiro atoms. The lowest BCUT2D eigenvalue weighted by atomic mass is 10.0. The van der Waals surface area contributed by atoms with E-state index in [1.807, 2.05) is 24.3 Å². The van der Waals surface area contributed by atoms with Crippen LogP contribution in [0.2, 0.25) is 0 Å². The number of halogens is 1. The molecule has 6 rings (SSSR count). The first-order chi connectivity index (χ1) is 21.5. The zero-order valence-corrected chi connectivity index (χ0v) is 25.0. The molecule has 11 heteroatoms. The monoisotopic (exact) mass is 612 g/mol. The first-order valence-electron chi connectivity index (χ1n) is 14.8. The molecule has 4 heterocycles. The molecule has 1 saturated heterocycles. The summed E-state index contributed by atoms with van der Waals surface area (Å²) in [6.45, 7) is 4.09. The van der Waals surface area contributed by atoms with Gasteiger partial charge in [0.2, 0.25) is 0 Å². The Bertz CT molecular complexity index is 1830. The Labute approximate surface area is 257 Å². The van der Waals surface area contributed by atoms with E-state index in [4.69, 9.17) is 0 Å². The number of pyridine rings is 1. The summed E-state index contributed by atoms with van der Waals surface area (Å²) in [6, 6.07) is 15.6. The van der Waals surface area contributed by atoms with Crippen LogP contribution in [0.4, 0.5) is 4.39 Å². The summed E-state index contributed by atoms with van der Waals surface area (Å²) in [7, 11) is 0. The van der Waals surface area contributed by atoms with E-state index in [1.165, 1.54) is 17.4 Å². The number of piperazine rings is 1. The summed E-state index contributed by atoms with van der Waals surface area (Å²) in [6.07, 6.45) is 6.76. The maximum atomic E-state index is 14.8. The zero-order valence-electron chi connectivity index (χ0n) is 24.2. The van der Waals surface area contributed by atoms with E-state index >= 15 is 0 Å². The minimum Gasteiger partial charge on any atom is -0.351 e.